The highest BCUT2D eigenvalue weighted by molar-refractivity contribution is 5.98. The third-order valence-electron chi connectivity index (χ3n) is 4.51. The van der Waals surface area contributed by atoms with E-state index in [0.29, 0.717) is 48.5 Å². The maximum atomic E-state index is 12.2. The molecule has 8 nitrogen and oxygen atoms in total. The van der Waals surface area contributed by atoms with Crippen LogP contribution in [0.15, 0.2) is 36.8 Å². The molecule has 4 rings (SSSR count). The van der Waals surface area contributed by atoms with E-state index in [0.717, 1.165) is 17.2 Å². The molecule has 0 radical (unpaired) electrons. The summed E-state index contributed by atoms with van der Waals surface area (Å²) in [7, 11) is 1.79. The van der Waals surface area contributed by atoms with Gasteiger partial charge in [-0.15, -0.1) is 0 Å². The number of anilines is 2. The van der Waals surface area contributed by atoms with E-state index in [2.05, 4.69) is 37.4 Å². The fourth-order valence-electron chi connectivity index (χ4n) is 3.03. The molecule has 0 aromatic carbocycles. The standard InChI is InChI=1S/C22H21N5O3/c1-23-22-19-14-25-20-12-18(19)15(13-26-22)3-4-16-11-17(5-7-24-16)30-9-2-8-29-10-6-21(28)27-20/h5,7,11-14H,2,6,8-10H2,1H3,(H,23,26)(H,25,27,28). The average molecular weight is 403 g/mol. The summed E-state index contributed by atoms with van der Waals surface area (Å²) < 4.78 is 11.3. The van der Waals surface area contributed by atoms with Crippen molar-refractivity contribution < 1.29 is 14.3 Å². The van der Waals surface area contributed by atoms with Crippen LogP contribution < -0.4 is 15.4 Å². The van der Waals surface area contributed by atoms with Crippen LogP contribution in [0.5, 0.6) is 5.75 Å². The Balaban J connectivity index is 1.77. The number of pyridine rings is 3. The number of nitrogens with one attached hydrogen (secondary N) is 2. The Morgan fingerprint density at radius 3 is 2.90 bits per heavy atom. The van der Waals surface area contributed by atoms with Crippen molar-refractivity contribution in [3.05, 3.63) is 48.0 Å². The van der Waals surface area contributed by atoms with Crippen LogP contribution in [0.2, 0.25) is 0 Å². The van der Waals surface area contributed by atoms with Gasteiger partial charge in [-0.05, 0) is 18.1 Å². The predicted molar refractivity (Wildman–Crippen MR) is 113 cm³/mol. The monoisotopic (exact) mass is 403 g/mol. The molecule has 4 heterocycles. The van der Waals surface area contributed by atoms with E-state index in [4.69, 9.17) is 9.47 Å². The number of aromatic nitrogens is 3. The second kappa shape index (κ2) is 9.20. The van der Waals surface area contributed by atoms with Gasteiger partial charge in [-0.2, -0.15) is 0 Å². The molecule has 0 fully saturated rings. The van der Waals surface area contributed by atoms with Gasteiger partial charge >= 0.3 is 0 Å². The summed E-state index contributed by atoms with van der Waals surface area (Å²) >= 11 is 0. The van der Waals surface area contributed by atoms with E-state index in [-0.39, 0.29) is 12.3 Å². The maximum Gasteiger partial charge on any atom is 0.227 e. The Morgan fingerprint density at radius 1 is 1.07 bits per heavy atom. The first-order valence-electron chi connectivity index (χ1n) is 9.68. The van der Waals surface area contributed by atoms with Crippen LogP contribution in [-0.2, 0) is 9.53 Å². The molecule has 4 bridgehead atoms. The molecule has 0 aliphatic carbocycles. The molecule has 30 heavy (non-hydrogen) atoms. The SMILES string of the molecule is CNc1ncc2c3cc(ncc13)NC(=O)CCOCCCOc1ccnc(c1)C#C2. The molecule has 3 aromatic rings. The van der Waals surface area contributed by atoms with Crippen LogP contribution in [0, 0.1) is 11.8 Å². The quantitative estimate of drug-likeness (QED) is 0.603. The number of amides is 1. The van der Waals surface area contributed by atoms with Crippen molar-refractivity contribution in [1.29, 1.82) is 0 Å². The van der Waals surface area contributed by atoms with Gasteiger partial charge in [-0.3, -0.25) is 4.79 Å². The Morgan fingerprint density at radius 2 is 2.00 bits per heavy atom. The highest BCUT2D eigenvalue weighted by Crippen LogP contribution is 2.25. The largest absolute Gasteiger partial charge is 0.493 e. The minimum Gasteiger partial charge on any atom is -0.493 e. The third kappa shape index (κ3) is 4.64. The minimum atomic E-state index is -0.158. The number of carbonyl (C=O) groups is 1. The minimum absolute atomic E-state index is 0.158. The maximum absolute atomic E-state index is 12.2. The summed E-state index contributed by atoms with van der Waals surface area (Å²) in [5.74, 6) is 7.89. The molecule has 8 heteroatoms. The van der Waals surface area contributed by atoms with Gasteiger partial charge < -0.3 is 20.1 Å². The molecular formula is C22H21N5O3. The van der Waals surface area contributed by atoms with Crippen LogP contribution in [0.1, 0.15) is 24.1 Å². The molecule has 0 spiro atoms. The summed E-state index contributed by atoms with van der Waals surface area (Å²) in [6.45, 7) is 1.36. The van der Waals surface area contributed by atoms with Crippen LogP contribution in [-0.4, -0.2) is 47.7 Å². The van der Waals surface area contributed by atoms with Crippen molar-refractivity contribution >= 4 is 28.3 Å². The smallest absolute Gasteiger partial charge is 0.227 e. The van der Waals surface area contributed by atoms with E-state index >= 15 is 0 Å². The fourth-order valence-corrected chi connectivity index (χ4v) is 3.03. The second-order valence-corrected chi connectivity index (χ2v) is 6.62. The van der Waals surface area contributed by atoms with Crippen molar-refractivity contribution in [3.63, 3.8) is 0 Å². The molecule has 2 N–H and O–H groups in total. The topological polar surface area (TPSA) is 98.3 Å². The first-order chi connectivity index (χ1) is 14.7. The Kier molecular flexibility index (Phi) is 6.01. The molecule has 1 aliphatic rings. The zero-order chi connectivity index (χ0) is 20.8. The predicted octanol–water partition coefficient (Wildman–Crippen LogP) is 2.59. The first-order valence-corrected chi connectivity index (χ1v) is 9.68. The van der Waals surface area contributed by atoms with Gasteiger partial charge in [-0.1, -0.05) is 5.92 Å². The summed E-state index contributed by atoms with van der Waals surface area (Å²) in [5, 5.41) is 7.51. The van der Waals surface area contributed by atoms with Crippen LogP contribution in [0.25, 0.3) is 10.8 Å². The molecule has 3 aromatic heterocycles. The van der Waals surface area contributed by atoms with E-state index in [1.165, 1.54) is 0 Å². The van der Waals surface area contributed by atoms with Crippen molar-refractivity contribution in [2.24, 2.45) is 0 Å². The lowest BCUT2D eigenvalue weighted by atomic mass is 10.1. The summed E-state index contributed by atoms with van der Waals surface area (Å²) in [6, 6.07) is 5.41. The van der Waals surface area contributed by atoms with Crippen molar-refractivity contribution in [3.8, 4) is 17.6 Å². The van der Waals surface area contributed by atoms with E-state index in [1.807, 2.05) is 6.07 Å². The number of rotatable bonds is 1. The van der Waals surface area contributed by atoms with Crippen LogP contribution in [0.4, 0.5) is 11.6 Å². The van der Waals surface area contributed by atoms with Crippen LogP contribution >= 0.6 is 0 Å². The Labute approximate surface area is 174 Å². The van der Waals surface area contributed by atoms with Gasteiger partial charge in [0.15, 0.2) is 0 Å². The first kappa shape index (κ1) is 19.6. The molecule has 1 aliphatic heterocycles. The zero-order valence-corrected chi connectivity index (χ0v) is 16.6. The Bertz CT molecular complexity index is 1140. The van der Waals surface area contributed by atoms with Gasteiger partial charge in [0.1, 0.15) is 23.1 Å². The molecule has 0 saturated carbocycles. The summed E-state index contributed by atoms with van der Waals surface area (Å²) in [4.78, 5) is 25.3. The summed E-state index contributed by atoms with van der Waals surface area (Å²) in [6.07, 6.45) is 6.01. The van der Waals surface area contributed by atoms with Crippen molar-refractivity contribution in [2.75, 3.05) is 37.5 Å². The number of fused-ring (bicyclic) bond motifs is 3. The lowest BCUT2D eigenvalue weighted by Gasteiger charge is -2.10. The Hall–Kier alpha value is -3.70. The normalized spacial score (nSPS) is 14.6. The fraction of sp³-hybridized carbons (Fsp3) is 0.273. The highest BCUT2D eigenvalue weighted by atomic mass is 16.5. The molecule has 0 unspecified atom stereocenters. The van der Waals surface area contributed by atoms with Gasteiger partial charge in [-0.25, -0.2) is 15.0 Å². The van der Waals surface area contributed by atoms with Crippen LogP contribution in [0.3, 0.4) is 0 Å². The van der Waals surface area contributed by atoms with Gasteiger partial charge in [0, 0.05) is 55.5 Å². The number of hydrogen-bond donors (Lipinski definition) is 2. The lowest BCUT2D eigenvalue weighted by molar-refractivity contribution is -0.117. The highest BCUT2D eigenvalue weighted by Gasteiger charge is 2.10. The van der Waals surface area contributed by atoms with E-state index in [1.54, 1.807) is 37.8 Å². The number of carbonyl (C=O) groups excluding carboxylic acids is 1. The molecule has 152 valence electrons. The number of hydrogen-bond acceptors (Lipinski definition) is 7. The molecule has 1 amide bonds. The number of nitrogens with zero attached hydrogens (tertiary/aromatic N) is 3. The molecule has 0 atom stereocenters. The van der Waals surface area contributed by atoms with Crippen molar-refractivity contribution in [1.82, 2.24) is 15.0 Å². The van der Waals surface area contributed by atoms with Gasteiger partial charge in [0.25, 0.3) is 0 Å². The summed E-state index contributed by atoms with van der Waals surface area (Å²) in [5.41, 5.74) is 1.30. The average Bonchev–Trinajstić information content (AvgIpc) is 2.76. The van der Waals surface area contributed by atoms with Gasteiger partial charge in [0.05, 0.1) is 25.2 Å². The van der Waals surface area contributed by atoms with E-state index < -0.39 is 0 Å². The zero-order valence-electron chi connectivity index (χ0n) is 16.6. The molecule has 0 saturated heterocycles. The lowest BCUT2D eigenvalue weighted by Crippen LogP contribution is -2.15. The van der Waals surface area contributed by atoms with Gasteiger partial charge in [0.2, 0.25) is 5.91 Å². The molecular weight excluding hydrogens is 382 g/mol. The van der Waals surface area contributed by atoms with E-state index in [9.17, 15) is 4.79 Å². The second-order valence-electron chi connectivity index (χ2n) is 6.62. The third-order valence-corrected chi connectivity index (χ3v) is 4.51. The van der Waals surface area contributed by atoms with Crippen molar-refractivity contribution in [2.45, 2.75) is 12.8 Å². The number of ether oxygens (including phenoxy) is 2.